The molecule has 20 heavy (non-hydrogen) atoms. The number of ether oxygens (including phenoxy) is 3. The molecule has 2 aromatic carbocycles. The fourth-order valence-corrected chi connectivity index (χ4v) is 2.02. The molecule has 4 nitrogen and oxygen atoms in total. The lowest BCUT2D eigenvalue weighted by atomic mass is 10.1. The van der Waals surface area contributed by atoms with E-state index < -0.39 is 0 Å². The third-order valence-electron chi connectivity index (χ3n) is 3.18. The van der Waals surface area contributed by atoms with Gasteiger partial charge >= 0.3 is 0 Å². The van der Waals surface area contributed by atoms with Crippen LogP contribution in [0, 0.1) is 0 Å². The van der Waals surface area contributed by atoms with Crippen molar-refractivity contribution in [2.24, 2.45) is 0 Å². The van der Waals surface area contributed by atoms with Gasteiger partial charge in [-0.2, -0.15) is 0 Å². The number of aliphatic hydroxyl groups excluding tert-OH is 1. The van der Waals surface area contributed by atoms with Crippen LogP contribution in [0.3, 0.4) is 0 Å². The van der Waals surface area contributed by atoms with Gasteiger partial charge in [0, 0.05) is 14.2 Å². The smallest absolute Gasteiger partial charge is 0.120 e. The van der Waals surface area contributed by atoms with Crippen molar-refractivity contribution in [2.75, 3.05) is 27.4 Å². The maximum Gasteiger partial charge on any atom is 0.120 e. The van der Waals surface area contributed by atoms with Crippen LogP contribution in [0.4, 0.5) is 0 Å². The summed E-state index contributed by atoms with van der Waals surface area (Å²) in [6, 6.07) is 11.8. The molecule has 4 heteroatoms. The molecule has 0 amide bonds. The summed E-state index contributed by atoms with van der Waals surface area (Å²) in [4.78, 5) is 0. The summed E-state index contributed by atoms with van der Waals surface area (Å²) in [5, 5.41) is 11.3. The highest BCUT2D eigenvalue weighted by Gasteiger charge is 2.08. The molecule has 0 aromatic heterocycles. The van der Waals surface area contributed by atoms with Crippen LogP contribution in [-0.4, -0.2) is 38.6 Å². The SMILES string of the molecule is COCC(COc1ccc2ccc(CO)cc2c1)OC. The standard InChI is InChI=1S/C16H20O4/c1-18-10-16(19-2)11-20-15-6-5-13-4-3-12(9-17)7-14(13)8-15/h3-8,16-17H,9-11H2,1-2H3. The molecule has 0 radical (unpaired) electrons. The summed E-state index contributed by atoms with van der Waals surface area (Å²) < 4.78 is 16.0. The lowest BCUT2D eigenvalue weighted by Gasteiger charge is -2.15. The monoisotopic (exact) mass is 276 g/mol. The van der Waals surface area contributed by atoms with E-state index in [2.05, 4.69) is 0 Å². The second-order valence-electron chi connectivity index (χ2n) is 4.63. The Morgan fingerprint density at radius 1 is 1.00 bits per heavy atom. The summed E-state index contributed by atoms with van der Waals surface area (Å²) in [5.41, 5.74) is 0.892. The molecule has 0 saturated heterocycles. The third-order valence-corrected chi connectivity index (χ3v) is 3.18. The Morgan fingerprint density at radius 2 is 1.80 bits per heavy atom. The molecule has 1 N–H and O–H groups in total. The fourth-order valence-electron chi connectivity index (χ4n) is 2.02. The Balaban J connectivity index is 2.10. The van der Waals surface area contributed by atoms with E-state index in [9.17, 15) is 5.11 Å². The number of hydrogen-bond acceptors (Lipinski definition) is 4. The van der Waals surface area contributed by atoms with E-state index in [1.807, 2.05) is 36.4 Å². The number of aliphatic hydroxyl groups is 1. The molecule has 0 aliphatic carbocycles. The predicted octanol–water partition coefficient (Wildman–Crippen LogP) is 2.37. The quantitative estimate of drug-likeness (QED) is 0.843. The Labute approximate surface area is 118 Å². The van der Waals surface area contributed by atoms with Gasteiger partial charge in [0.05, 0.1) is 13.2 Å². The van der Waals surface area contributed by atoms with Crippen molar-refractivity contribution in [2.45, 2.75) is 12.7 Å². The van der Waals surface area contributed by atoms with Crippen molar-refractivity contribution in [3.05, 3.63) is 42.0 Å². The van der Waals surface area contributed by atoms with Crippen LogP contribution >= 0.6 is 0 Å². The molecule has 1 unspecified atom stereocenters. The minimum absolute atomic E-state index is 0.0423. The number of fused-ring (bicyclic) bond motifs is 1. The topological polar surface area (TPSA) is 47.9 Å². The summed E-state index contributed by atoms with van der Waals surface area (Å²) >= 11 is 0. The van der Waals surface area contributed by atoms with Crippen LogP contribution in [0.1, 0.15) is 5.56 Å². The number of rotatable bonds is 7. The van der Waals surface area contributed by atoms with Gasteiger partial charge in [0.15, 0.2) is 0 Å². The molecule has 0 spiro atoms. The van der Waals surface area contributed by atoms with E-state index in [1.165, 1.54) is 0 Å². The molecule has 0 fully saturated rings. The van der Waals surface area contributed by atoms with Gasteiger partial charge in [0.1, 0.15) is 18.5 Å². The van der Waals surface area contributed by atoms with E-state index >= 15 is 0 Å². The minimum atomic E-state index is -0.0838. The van der Waals surface area contributed by atoms with Crippen LogP contribution < -0.4 is 4.74 Å². The molecule has 0 saturated carbocycles. The Morgan fingerprint density at radius 3 is 2.50 bits per heavy atom. The van der Waals surface area contributed by atoms with Gasteiger partial charge in [0.2, 0.25) is 0 Å². The Hall–Kier alpha value is -1.62. The zero-order valence-corrected chi connectivity index (χ0v) is 11.8. The van der Waals surface area contributed by atoms with Crippen molar-refractivity contribution in [1.82, 2.24) is 0 Å². The van der Waals surface area contributed by atoms with Gasteiger partial charge < -0.3 is 19.3 Å². The van der Waals surface area contributed by atoms with Crippen LogP contribution in [0.2, 0.25) is 0 Å². The zero-order chi connectivity index (χ0) is 14.4. The number of methoxy groups -OCH3 is 2. The van der Waals surface area contributed by atoms with Crippen LogP contribution in [-0.2, 0) is 16.1 Å². The molecule has 0 aliphatic heterocycles. The molecule has 0 bridgehead atoms. The fraction of sp³-hybridized carbons (Fsp3) is 0.375. The van der Waals surface area contributed by atoms with Gasteiger partial charge in [-0.3, -0.25) is 0 Å². The summed E-state index contributed by atoms with van der Waals surface area (Å²) in [5.74, 6) is 0.783. The van der Waals surface area contributed by atoms with Gasteiger partial charge in [-0.05, 0) is 34.5 Å². The van der Waals surface area contributed by atoms with Gasteiger partial charge in [-0.25, -0.2) is 0 Å². The second kappa shape index (κ2) is 7.24. The molecule has 0 aliphatic rings. The highest BCUT2D eigenvalue weighted by Crippen LogP contribution is 2.22. The molecular weight excluding hydrogens is 256 g/mol. The lowest BCUT2D eigenvalue weighted by Crippen LogP contribution is -2.25. The Kier molecular flexibility index (Phi) is 5.35. The van der Waals surface area contributed by atoms with E-state index in [0.29, 0.717) is 13.2 Å². The average Bonchev–Trinajstić information content (AvgIpc) is 2.50. The largest absolute Gasteiger partial charge is 0.491 e. The van der Waals surface area contributed by atoms with E-state index in [4.69, 9.17) is 14.2 Å². The van der Waals surface area contributed by atoms with Crippen molar-refractivity contribution >= 4 is 10.8 Å². The highest BCUT2D eigenvalue weighted by molar-refractivity contribution is 5.84. The van der Waals surface area contributed by atoms with Crippen LogP contribution in [0.25, 0.3) is 10.8 Å². The predicted molar refractivity (Wildman–Crippen MR) is 78.0 cm³/mol. The Bertz CT molecular complexity index is 553. The summed E-state index contributed by atoms with van der Waals surface area (Å²) in [6.07, 6.45) is -0.0838. The molecule has 1 atom stereocenters. The first-order valence-electron chi connectivity index (χ1n) is 6.55. The normalized spacial score (nSPS) is 12.6. The van der Waals surface area contributed by atoms with E-state index in [1.54, 1.807) is 14.2 Å². The minimum Gasteiger partial charge on any atom is -0.491 e. The summed E-state index contributed by atoms with van der Waals surface area (Å²) in [7, 11) is 3.28. The van der Waals surface area contributed by atoms with Gasteiger partial charge in [-0.1, -0.05) is 18.2 Å². The van der Waals surface area contributed by atoms with Gasteiger partial charge in [0.25, 0.3) is 0 Å². The number of hydrogen-bond donors (Lipinski definition) is 1. The van der Waals surface area contributed by atoms with Crippen LogP contribution in [0.15, 0.2) is 36.4 Å². The molecule has 0 heterocycles. The van der Waals surface area contributed by atoms with Gasteiger partial charge in [-0.15, -0.1) is 0 Å². The number of benzene rings is 2. The van der Waals surface area contributed by atoms with E-state index in [-0.39, 0.29) is 12.7 Å². The average molecular weight is 276 g/mol. The second-order valence-corrected chi connectivity index (χ2v) is 4.63. The molecule has 2 rings (SSSR count). The maximum atomic E-state index is 9.17. The lowest BCUT2D eigenvalue weighted by molar-refractivity contribution is 0.000904. The molecular formula is C16H20O4. The van der Waals surface area contributed by atoms with Crippen LogP contribution in [0.5, 0.6) is 5.75 Å². The molecule has 2 aromatic rings. The third kappa shape index (κ3) is 3.70. The maximum absolute atomic E-state index is 9.17. The van der Waals surface area contributed by atoms with Crippen molar-refractivity contribution in [3.8, 4) is 5.75 Å². The van der Waals surface area contributed by atoms with Crippen molar-refractivity contribution < 1.29 is 19.3 Å². The first kappa shape index (κ1) is 14.8. The summed E-state index contributed by atoms with van der Waals surface area (Å²) in [6.45, 7) is 0.981. The molecule has 108 valence electrons. The zero-order valence-electron chi connectivity index (χ0n) is 11.8. The first-order chi connectivity index (χ1) is 9.76. The first-order valence-corrected chi connectivity index (χ1v) is 6.55. The van der Waals surface area contributed by atoms with Crippen molar-refractivity contribution in [1.29, 1.82) is 0 Å². The van der Waals surface area contributed by atoms with Crippen molar-refractivity contribution in [3.63, 3.8) is 0 Å². The highest BCUT2D eigenvalue weighted by atomic mass is 16.5. The van der Waals surface area contributed by atoms with E-state index in [0.717, 1.165) is 22.1 Å².